The van der Waals surface area contributed by atoms with Crippen LogP contribution in [-0.4, -0.2) is 28.3 Å². The van der Waals surface area contributed by atoms with Gasteiger partial charge in [0.05, 0.1) is 11.8 Å². The predicted octanol–water partition coefficient (Wildman–Crippen LogP) is 2.14. The van der Waals surface area contributed by atoms with Crippen molar-refractivity contribution < 1.29 is 14.4 Å². The predicted molar refractivity (Wildman–Crippen MR) is 71.1 cm³/mol. The van der Waals surface area contributed by atoms with Crippen molar-refractivity contribution in [3.8, 4) is 0 Å². The zero-order valence-electron chi connectivity index (χ0n) is 11.8. The highest BCUT2D eigenvalue weighted by Crippen LogP contribution is 2.23. The van der Waals surface area contributed by atoms with E-state index in [4.69, 9.17) is 4.52 Å². The third-order valence-electron chi connectivity index (χ3n) is 3.67. The molecule has 5 nitrogen and oxygen atoms in total. The summed E-state index contributed by atoms with van der Waals surface area (Å²) >= 11 is 0. The van der Waals surface area contributed by atoms with Crippen LogP contribution in [0.15, 0.2) is 4.52 Å². The number of carbonyl (C=O) groups is 1. The first-order chi connectivity index (χ1) is 8.99. The Morgan fingerprint density at radius 3 is 2.58 bits per heavy atom. The molecule has 1 fully saturated rings. The highest BCUT2D eigenvalue weighted by molar-refractivity contribution is 5.96. The molecule has 5 heteroatoms. The number of aryl methyl sites for hydroxylation is 1. The number of carbonyl (C=O) groups excluding carboxylic acids is 1. The molecule has 1 aromatic heterocycles. The highest BCUT2D eigenvalue weighted by atomic mass is 16.5. The maximum absolute atomic E-state index is 12.3. The Balaban J connectivity index is 2.06. The summed E-state index contributed by atoms with van der Waals surface area (Å²) in [6, 6.07) is 0.144. The molecule has 0 unspecified atom stereocenters. The Kier molecular flexibility index (Phi) is 4.24. The van der Waals surface area contributed by atoms with Gasteiger partial charge >= 0.3 is 0 Å². The Labute approximate surface area is 113 Å². The molecule has 106 valence electrons. The second-order valence-corrected chi connectivity index (χ2v) is 5.64. The molecule has 2 rings (SSSR count). The van der Waals surface area contributed by atoms with E-state index in [1.54, 1.807) is 6.92 Å². The van der Waals surface area contributed by atoms with Crippen molar-refractivity contribution in [2.45, 2.75) is 64.5 Å². The zero-order valence-corrected chi connectivity index (χ0v) is 11.8. The first-order valence-corrected chi connectivity index (χ1v) is 6.94. The highest BCUT2D eigenvalue weighted by Gasteiger charge is 2.26. The van der Waals surface area contributed by atoms with E-state index in [1.165, 1.54) is 0 Å². The lowest BCUT2D eigenvalue weighted by atomic mass is 9.92. The number of rotatable bonds is 3. The van der Waals surface area contributed by atoms with Gasteiger partial charge in [-0.25, -0.2) is 0 Å². The summed E-state index contributed by atoms with van der Waals surface area (Å²) in [5.74, 6) is 0.671. The average Bonchev–Trinajstić information content (AvgIpc) is 2.74. The standard InChI is InChI=1S/C14H22N2O3/c1-8(2)13-12(9(3)16-19-13)14(18)15-10-4-6-11(17)7-5-10/h8,10-11,17H,4-7H2,1-3H3,(H,15,18). The fourth-order valence-corrected chi connectivity index (χ4v) is 2.54. The Morgan fingerprint density at radius 1 is 1.37 bits per heavy atom. The van der Waals surface area contributed by atoms with E-state index >= 15 is 0 Å². The Hall–Kier alpha value is -1.36. The summed E-state index contributed by atoms with van der Waals surface area (Å²) in [4.78, 5) is 12.3. The van der Waals surface area contributed by atoms with Gasteiger partial charge in [-0.3, -0.25) is 4.79 Å². The maximum atomic E-state index is 12.3. The molecule has 1 heterocycles. The number of aromatic nitrogens is 1. The van der Waals surface area contributed by atoms with Crippen molar-refractivity contribution in [2.75, 3.05) is 0 Å². The van der Waals surface area contributed by atoms with Gasteiger partial charge in [0, 0.05) is 12.0 Å². The van der Waals surface area contributed by atoms with E-state index < -0.39 is 0 Å². The molecule has 1 aromatic rings. The van der Waals surface area contributed by atoms with Crippen LogP contribution in [0.3, 0.4) is 0 Å². The van der Waals surface area contributed by atoms with Gasteiger partial charge in [-0.15, -0.1) is 0 Å². The second kappa shape index (κ2) is 5.74. The van der Waals surface area contributed by atoms with Crippen LogP contribution in [0.4, 0.5) is 0 Å². The number of aliphatic hydroxyl groups is 1. The van der Waals surface area contributed by atoms with Crippen molar-refractivity contribution in [3.63, 3.8) is 0 Å². The SMILES string of the molecule is Cc1noc(C(C)C)c1C(=O)NC1CCC(O)CC1. The quantitative estimate of drug-likeness (QED) is 0.879. The van der Waals surface area contributed by atoms with Crippen molar-refractivity contribution in [2.24, 2.45) is 0 Å². The van der Waals surface area contributed by atoms with Crippen molar-refractivity contribution in [3.05, 3.63) is 17.0 Å². The van der Waals surface area contributed by atoms with E-state index in [2.05, 4.69) is 10.5 Å². The molecule has 0 atom stereocenters. The first kappa shape index (κ1) is 14.1. The summed E-state index contributed by atoms with van der Waals surface area (Å²) in [6.07, 6.45) is 2.95. The molecule has 0 aliphatic heterocycles. The number of hydrogen-bond acceptors (Lipinski definition) is 4. The Morgan fingerprint density at radius 2 is 2.00 bits per heavy atom. The molecule has 19 heavy (non-hydrogen) atoms. The number of nitrogens with one attached hydrogen (secondary N) is 1. The molecule has 1 amide bonds. The third-order valence-corrected chi connectivity index (χ3v) is 3.67. The summed E-state index contributed by atoms with van der Waals surface area (Å²) in [5, 5.41) is 16.4. The number of amides is 1. The third kappa shape index (κ3) is 3.15. The normalized spacial score (nSPS) is 23.6. The fourth-order valence-electron chi connectivity index (χ4n) is 2.54. The van der Waals surface area contributed by atoms with Crippen LogP contribution in [0.2, 0.25) is 0 Å². The van der Waals surface area contributed by atoms with Gasteiger partial charge in [0.1, 0.15) is 5.56 Å². The fraction of sp³-hybridized carbons (Fsp3) is 0.714. The largest absolute Gasteiger partial charge is 0.393 e. The van der Waals surface area contributed by atoms with Gasteiger partial charge < -0.3 is 14.9 Å². The van der Waals surface area contributed by atoms with Crippen LogP contribution in [-0.2, 0) is 0 Å². The van der Waals surface area contributed by atoms with E-state index in [0.717, 1.165) is 25.7 Å². The monoisotopic (exact) mass is 266 g/mol. The molecule has 0 radical (unpaired) electrons. The van der Waals surface area contributed by atoms with Crippen LogP contribution in [0, 0.1) is 6.92 Å². The zero-order chi connectivity index (χ0) is 14.0. The second-order valence-electron chi connectivity index (χ2n) is 5.64. The van der Waals surface area contributed by atoms with Gasteiger partial charge in [-0.05, 0) is 32.6 Å². The number of nitrogens with zero attached hydrogens (tertiary/aromatic N) is 1. The van der Waals surface area contributed by atoms with Crippen molar-refractivity contribution in [1.82, 2.24) is 10.5 Å². The topological polar surface area (TPSA) is 75.4 Å². The smallest absolute Gasteiger partial charge is 0.257 e. The van der Waals surface area contributed by atoms with Gasteiger partial charge in [0.25, 0.3) is 5.91 Å². The first-order valence-electron chi connectivity index (χ1n) is 6.94. The molecule has 1 aliphatic rings. The summed E-state index contributed by atoms with van der Waals surface area (Å²) < 4.78 is 5.23. The van der Waals surface area contributed by atoms with Crippen LogP contribution in [0.5, 0.6) is 0 Å². The van der Waals surface area contributed by atoms with Crippen molar-refractivity contribution in [1.29, 1.82) is 0 Å². The average molecular weight is 266 g/mol. The summed E-state index contributed by atoms with van der Waals surface area (Å²) in [7, 11) is 0. The van der Waals surface area contributed by atoms with Gasteiger partial charge in [0.2, 0.25) is 0 Å². The number of hydrogen-bond donors (Lipinski definition) is 2. The minimum absolute atomic E-state index is 0.108. The molecule has 0 aromatic carbocycles. The minimum atomic E-state index is -0.211. The lowest BCUT2D eigenvalue weighted by Crippen LogP contribution is -2.39. The molecule has 0 bridgehead atoms. The van der Waals surface area contributed by atoms with E-state index in [0.29, 0.717) is 17.0 Å². The minimum Gasteiger partial charge on any atom is -0.393 e. The van der Waals surface area contributed by atoms with E-state index in [-0.39, 0.29) is 24.0 Å². The van der Waals surface area contributed by atoms with Gasteiger partial charge in [0.15, 0.2) is 5.76 Å². The lowest BCUT2D eigenvalue weighted by molar-refractivity contribution is 0.0865. The lowest BCUT2D eigenvalue weighted by Gasteiger charge is -2.26. The van der Waals surface area contributed by atoms with Crippen LogP contribution >= 0.6 is 0 Å². The van der Waals surface area contributed by atoms with Gasteiger partial charge in [-0.2, -0.15) is 0 Å². The maximum Gasteiger partial charge on any atom is 0.257 e. The summed E-state index contributed by atoms with van der Waals surface area (Å²) in [5.41, 5.74) is 1.21. The van der Waals surface area contributed by atoms with Crippen LogP contribution < -0.4 is 5.32 Å². The van der Waals surface area contributed by atoms with E-state index in [1.807, 2.05) is 13.8 Å². The molecule has 1 saturated carbocycles. The molecular formula is C14H22N2O3. The van der Waals surface area contributed by atoms with Crippen LogP contribution in [0.25, 0.3) is 0 Å². The van der Waals surface area contributed by atoms with Crippen molar-refractivity contribution >= 4 is 5.91 Å². The molecule has 1 aliphatic carbocycles. The van der Waals surface area contributed by atoms with Crippen LogP contribution in [0.1, 0.15) is 67.3 Å². The number of aliphatic hydroxyl groups excluding tert-OH is 1. The molecular weight excluding hydrogens is 244 g/mol. The summed E-state index contributed by atoms with van der Waals surface area (Å²) in [6.45, 7) is 5.75. The van der Waals surface area contributed by atoms with E-state index in [9.17, 15) is 9.90 Å². The molecule has 0 saturated heterocycles. The Bertz CT molecular complexity index is 446. The molecule has 2 N–H and O–H groups in total. The van der Waals surface area contributed by atoms with Gasteiger partial charge in [-0.1, -0.05) is 19.0 Å². The molecule has 0 spiro atoms.